The first-order chi connectivity index (χ1) is 12.6. The first-order valence-corrected chi connectivity index (χ1v) is 8.77. The van der Waals surface area contributed by atoms with Crippen LogP contribution in [0.4, 0.5) is 0 Å². The molecule has 2 aromatic heterocycles. The van der Waals surface area contributed by atoms with Crippen molar-refractivity contribution in [3.63, 3.8) is 0 Å². The monoisotopic (exact) mass is 498 g/mol. The fourth-order valence-electron chi connectivity index (χ4n) is 2.78. The van der Waals surface area contributed by atoms with Crippen LogP contribution in [-0.2, 0) is 20.1 Å². The summed E-state index contributed by atoms with van der Waals surface area (Å²) in [6.07, 6.45) is 3.86. The molecule has 2 heterocycles. The van der Waals surface area contributed by atoms with Crippen LogP contribution >= 0.6 is 35.6 Å². The lowest BCUT2D eigenvalue weighted by Gasteiger charge is -2.22. The molecule has 3 rings (SSSR count). The molecule has 3 aromatic rings. The van der Waals surface area contributed by atoms with Crippen LogP contribution in [0.5, 0.6) is 0 Å². The Kier molecular flexibility index (Phi) is 7.73. The van der Waals surface area contributed by atoms with Gasteiger partial charge in [0.1, 0.15) is 0 Å². The topological polar surface area (TPSA) is 50.4 Å². The Labute approximate surface area is 181 Å². The number of hydrogen-bond donors (Lipinski definition) is 1. The third-order valence-electron chi connectivity index (χ3n) is 4.14. The van der Waals surface area contributed by atoms with E-state index >= 15 is 0 Å². The zero-order valence-corrected chi connectivity index (χ0v) is 18.7. The number of guanidine groups is 1. The van der Waals surface area contributed by atoms with Crippen molar-refractivity contribution < 1.29 is 0 Å². The Hall–Kier alpha value is -2.00. The summed E-state index contributed by atoms with van der Waals surface area (Å²) in [4.78, 5) is 6.41. The lowest BCUT2D eigenvalue weighted by molar-refractivity contribution is 0.461. The largest absolute Gasteiger partial charge is 0.351 e. The number of rotatable bonds is 5. The molecule has 0 bridgehead atoms. The predicted octanol–water partition coefficient (Wildman–Crippen LogP) is 3.69. The van der Waals surface area contributed by atoms with Crippen molar-refractivity contribution in [1.82, 2.24) is 24.6 Å². The lowest BCUT2D eigenvalue weighted by Crippen LogP contribution is -2.38. The highest BCUT2D eigenvalue weighted by Crippen LogP contribution is 2.14. The van der Waals surface area contributed by atoms with Gasteiger partial charge >= 0.3 is 0 Å². The maximum Gasteiger partial charge on any atom is 0.194 e. The van der Waals surface area contributed by atoms with Gasteiger partial charge in [-0.25, -0.2) is 4.68 Å². The van der Waals surface area contributed by atoms with Gasteiger partial charge in [-0.3, -0.25) is 4.99 Å². The number of nitrogens with one attached hydrogen (secondary N) is 1. The van der Waals surface area contributed by atoms with Crippen LogP contribution in [-0.4, -0.2) is 39.3 Å². The van der Waals surface area contributed by atoms with Crippen molar-refractivity contribution in [3.05, 3.63) is 71.3 Å². The third-order valence-corrected chi connectivity index (χ3v) is 4.35. The summed E-state index contributed by atoms with van der Waals surface area (Å²) in [5.74, 6) is 0.802. The van der Waals surface area contributed by atoms with Gasteiger partial charge in [-0.1, -0.05) is 29.8 Å². The third kappa shape index (κ3) is 5.49. The van der Waals surface area contributed by atoms with Gasteiger partial charge in [-0.2, -0.15) is 5.10 Å². The zero-order chi connectivity index (χ0) is 18.5. The minimum atomic E-state index is 0. The Balaban J connectivity index is 0.00000261. The van der Waals surface area contributed by atoms with Gasteiger partial charge in [0.05, 0.1) is 29.5 Å². The van der Waals surface area contributed by atoms with Crippen LogP contribution < -0.4 is 5.32 Å². The second kappa shape index (κ2) is 9.80. The first kappa shape index (κ1) is 21.3. The van der Waals surface area contributed by atoms with Crippen molar-refractivity contribution in [2.45, 2.75) is 13.1 Å². The summed E-state index contributed by atoms with van der Waals surface area (Å²) in [5, 5.41) is 8.70. The van der Waals surface area contributed by atoms with Crippen molar-refractivity contribution in [2.24, 2.45) is 12.0 Å². The highest BCUT2D eigenvalue weighted by atomic mass is 127. The van der Waals surface area contributed by atoms with E-state index in [-0.39, 0.29) is 24.0 Å². The van der Waals surface area contributed by atoms with Gasteiger partial charge in [0.15, 0.2) is 5.96 Å². The van der Waals surface area contributed by atoms with Crippen molar-refractivity contribution in [3.8, 4) is 5.69 Å². The van der Waals surface area contributed by atoms with E-state index in [0.717, 1.165) is 28.1 Å². The molecule has 6 nitrogen and oxygen atoms in total. The molecule has 0 fully saturated rings. The van der Waals surface area contributed by atoms with Gasteiger partial charge < -0.3 is 14.8 Å². The molecule has 0 saturated carbocycles. The van der Waals surface area contributed by atoms with Gasteiger partial charge in [-0.05, 0) is 24.3 Å². The van der Waals surface area contributed by atoms with E-state index in [1.165, 1.54) is 0 Å². The molecule has 144 valence electrons. The summed E-state index contributed by atoms with van der Waals surface area (Å²) in [6.45, 7) is 1.31. The van der Waals surface area contributed by atoms with E-state index in [1.807, 2.05) is 78.2 Å². The van der Waals surface area contributed by atoms with E-state index in [1.54, 1.807) is 7.05 Å². The second-order valence-electron chi connectivity index (χ2n) is 6.10. The van der Waals surface area contributed by atoms with Gasteiger partial charge in [-0.15, -0.1) is 24.0 Å². The molecular formula is C19H24ClIN6. The maximum atomic E-state index is 6.06. The minimum Gasteiger partial charge on any atom is -0.351 e. The molecule has 8 heteroatoms. The smallest absolute Gasteiger partial charge is 0.194 e. The zero-order valence-electron chi connectivity index (χ0n) is 15.6. The van der Waals surface area contributed by atoms with E-state index in [0.29, 0.717) is 13.1 Å². The van der Waals surface area contributed by atoms with Crippen LogP contribution in [0.15, 0.2) is 59.9 Å². The van der Waals surface area contributed by atoms with E-state index in [2.05, 4.69) is 20.3 Å². The molecule has 0 unspecified atom stereocenters. The molecule has 0 aliphatic rings. The molecule has 27 heavy (non-hydrogen) atoms. The van der Waals surface area contributed by atoms with Crippen LogP contribution in [0, 0.1) is 0 Å². The number of aryl methyl sites for hydroxylation is 1. The average Bonchev–Trinajstić information content (AvgIpc) is 3.23. The summed E-state index contributed by atoms with van der Waals surface area (Å²) < 4.78 is 3.89. The average molecular weight is 499 g/mol. The van der Waals surface area contributed by atoms with E-state index in [4.69, 9.17) is 11.6 Å². The lowest BCUT2D eigenvalue weighted by atomic mass is 10.3. The Morgan fingerprint density at radius 1 is 1.26 bits per heavy atom. The highest BCUT2D eigenvalue weighted by molar-refractivity contribution is 14.0. The number of aliphatic imine (C=N–C) groups is 1. The molecule has 0 aliphatic carbocycles. The summed E-state index contributed by atoms with van der Waals surface area (Å²) in [6, 6.07) is 14.0. The van der Waals surface area contributed by atoms with Crippen LogP contribution in [0.3, 0.4) is 0 Å². The van der Waals surface area contributed by atoms with Crippen LogP contribution in [0.1, 0.15) is 11.4 Å². The molecule has 0 saturated heterocycles. The minimum absolute atomic E-state index is 0. The highest BCUT2D eigenvalue weighted by Gasteiger charge is 2.10. The van der Waals surface area contributed by atoms with Crippen LogP contribution in [0.2, 0.25) is 5.02 Å². The molecule has 1 aromatic carbocycles. The van der Waals surface area contributed by atoms with Gasteiger partial charge in [0.25, 0.3) is 0 Å². The van der Waals surface area contributed by atoms with E-state index in [9.17, 15) is 0 Å². The van der Waals surface area contributed by atoms with E-state index < -0.39 is 0 Å². The molecule has 0 aliphatic heterocycles. The van der Waals surface area contributed by atoms with Crippen molar-refractivity contribution in [1.29, 1.82) is 0 Å². The Bertz CT molecular complexity index is 887. The standard InChI is InChI=1S/C19H23ClN6.HI/c1-21-19(25(3)14-18-11-15(20)13-24(18)2)22-12-16-9-10-26(23-16)17-7-5-4-6-8-17;/h4-11,13H,12,14H2,1-3H3,(H,21,22);1H. The second-order valence-corrected chi connectivity index (χ2v) is 6.54. The number of hydrogen-bond acceptors (Lipinski definition) is 2. The molecule has 0 amide bonds. The number of benzene rings is 1. The summed E-state index contributed by atoms with van der Waals surface area (Å²) in [5.41, 5.74) is 3.11. The van der Waals surface area contributed by atoms with Crippen LogP contribution in [0.25, 0.3) is 5.69 Å². The predicted molar refractivity (Wildman–Crippen MR) is 121 cm³/mol. The SMILES string of the molecule is CN=C(NCc1ccn(-c2ccccc2)n1)N(C)Cc1cc(Cl)cn1C.I. The maximum absolute atomic E-state index is 6.06. The number of aromatic nitrogens is 3. The normalized spacial score (nSPS) is 11.2. The number of para-hydroxylation sites is 1. The van der Waals surface area contributed by atoms with Gasteiger partial charge in [0.2, 0.25) is 0 Å². The van der Waals surface area contributed by atoms with Crippen molar-refractivity contribution in [2.75, 3.05) is 14.1 Å². The quantitative estimate of drug-likeness (QED) is 0.332. The Morgan fingerprint density at radius 3 is 2.63 bits per heavy atom. The number of nitrogens with zero attached hydrogens (tertiary/aromatic N) is 5. The summed E-state index contributed by atoms with van der Waals surface area (Å²) in [7, 11) is 5.76. The molecule has 1 N–H and O–H groups in total. The fourth-order valence-corrected chi connectivity index (χ4v) is 3.05. The summed E-state index contributed by atoms with van der Waals surface area (Å²) >= 11 is 6.06. The first-order valence-electron chi connectivity index (χ1n) is 8.39. The fraction of sp³-hybridized carbons (Fsp3) is 0.263. The van der Waals surface area contributed by atoms with Gasteiger partial charge in [0, 0.05) is 39.2 Å². The molecule has 0 atom stereocenters. The molecular weight excluding hydrogens is 475 g/mol. The molecule has 0 radical (unpaired) electrons. The van der Waals surface area contributed by atoms with Crippen molar-refractivity contribution >= 4 is 41.5 Å². The Morgan fingerprint density at radius 2 is 2.00 bits per heavy atom. The molecule has 0 spiro atoms. The number of halogens is 2.